The molecule has 8 heteroatoms. The third-order valence-electron chi connectivity index (χ3n) is 4.37. The number of aromatic nitrogens is 2. The second-order valence-electron chi connectivity index (χ2n) is 6.16. The molecule has 0 atom stereocenters. The summed E-state index contributed by atoms with van der Waals surface area (Å²) in [5, 5.41) is 6.84. The number of halogens is 3. The van der Waals surface area contributed by atoms with Gasteiger partial charge in [-0.3, -0.25) is 4.68 Å². The molecule has 1 fully saturated rings. The minimum atomic E-state index is -4.38. The van der Waals surface area contributed by atoms with E-state index < -0.39 is 11.7 Å². The molecule has 3 rings (SSSR count). The van der Waals surface area contributed by atoms with Crippen LogP contribution >= 0.6 is 0 Å². The first-order valence-electron chi connectivity index (χ1n) is 8.12. The normalized spacial score (nSPS) is 16.0. The van der Waals surface area contributed by atoms with Crippen LogP contribution in [0.1, 0.15) is 18.4 Å². The molecule has 1 saturated heterocycles. The Hall–Kier alpha value is -2.51. The van der Waals surface area contributed by atoms with Crippen molar-refractivity contribution in [1.82, 2.24) is 14.7 Å². The van der Waals surface area contributed by atoms with Crippen LogP contribution in [0.15, 0.2) is 42.7 Å². The fourth-order valence-electron chi connectivity index (χ4n) is 2.94. The first-order valence-corrected chi connectivity index (χ1v) is 8.12. The number of nitrogens with zero attached hydrogens (tertiary/aromatic N) is 3. The lowest BCUT2D eigenvalue weighted by molar-refractivity contribution is -0.137. The monoisotopic (exact) mass is 352 g/mol. The lowest BCUT2D eigenvalue weighted by Gasteiger charge is -2.32. The molecule has 0 unspecified atom stereocenters. The molecule has 2 amide bonds. The van der Waals surface area contributed by atoms with Crippen molar-refractivity contribution in [2.45, 2.75) is 25.6 Å². The molecule has 0 bridgehead atoms. The molecular weight excluding hydrogens is 333 g/mol. The standard InChI is InChI=1S/C17H19F3N4O/c18-17(19,20)14-2-4-15(5-3-14)22-16(25)23-10-6-13(7-11-23)12-24-9-1-8-21-24/h1-5,8-9,13H,6-7,10-12H2,(H,22,25). The van der Waals surface area contributed by atoms with Crippen molar-refractivity contribution in [3.63, 3.8) is 0 Å². The molecule has 2 aromatic rings. The van der Waals surface area contributed by atoms with Crippen molar-refractivity contribution in [1.29, 1.82) is 0 Å². The summed E-state index contributed by atoms with van der Waals surface area (Å²) in [5.41, 5.74) is -0.374. The lowest BCUT2D eigenvalue weighted by Crippen LogP contribution is -2.41. The Labute approximate surface area is 143 Å². The van der Waals surface area contributed by atoms with Gasteiger partial charge in [-0.25, -0.2) is 4.79 Å². The molecule has 134 valence electrons. The highest BCUT2D eigenvalue weighted by Gasteiger charge is 2.30. The molecular formula is C17H19F3N4O. The maximum atomic E-state index is 12.5. The minimum Gasteiger partial charge on any atom is -0.325 e. The maximum absolute atomic E-state index is 12.5. The van der Waals surface area contributed by atoms with Crippen LogP contribution in [0.5, 0.6) is 0 Å². The molecule has 25 heavy (non-hydrogen) atoms. The van der Waals surface area contributed by atoms with E-state index >= 15 is 0 Å². The summed E-state index contributed by atoms with van der Waals surface area (Å²) in [5.74, 6) is 0.468. The number of hydrogen-bond acceptors (Lipinski definition) is 2. The van der Waals surface area contributed by atoms with E-state index in [0.29, 0.717) is 24.7 Å². The average Bonchev–Trinajstić information content (AvgIpc) is 3.08. The fourth-order valence-corrected chi connectivity index (χ4v) is 2.94. The molecule has 1 aliphatic heterocycles. The number of carbonyl (C=O) groups excluding carboxylic acids is 1. The second-order valence-corrected chi connectivity index (χ2v) is 6.16. The number of carbonyl (C=O) groups is 1. The Morgan fingerprint density at radius 2 is 1.88 bits per heavy atom. The average molecular weight is 352 g/mol. The Morgan fingerprint density at radius 1 is 1.20 bits per heavy atom. The van der Waals surface area contributed by atoms with Gasteiger partial charge in [-0.15, -0.1) is 0 Å². The van der Waals surface area contributed by atoms with Crippen molar-refractivity contribution < 1.29 is 18.0 Å². The van der Waals surface area contributed by atoms with Crippen LogP contribution in [0.4, 0.5) is 23.7 Å². The van der Waals surface area contributed by atoms with Gasteiger partial charge in [-0.1, -0.05) is 0 Å². The molecule has 1 aliphatic rings. The van der Waals surface area contributed by atoms with Crippen molar-refractivity contribution in [3.05, 3.63) is 48.3 Å². The van der Waals surface area contributed by atoms with Crippen molar-refractivity contribution in [2.75, 3.05) is 18.4 Å². The maximum Gasteiger partial charge on any atom is 0.416 e. The van der Waals surface area contributed by atoms with Gasteiger partial charge in [-0.2, -0.15) is 18.3 Å². The summed E-state index contributed by atoms with van der Waals surface area (Å²) in [6.07, 6.45) is 1.04. The molecule has 1 aromatic heterocycles. The van der Waals surface area contributed by atoms with Gasteiger partial charge in [0.25, 0.3) is 0 Å². The van der Waals surface area contributed by atoms with E-state index in [4.69, 9.17) is 0 Å². The number of alkyl halides is 3. The quantitative estimate of drug-likeness (QED) is 0.912. The summed E-state index contributed by atoms with van der Waals surface area (Å²) in [7, 11) is 0. The van der Waals surface area contributed by atoms with Gasteiger partial charge in [0.05, 0.1) is 5.56 Å². The van der Waals surface area contributed by atoms with Crippen LogP contribution in [-0.4, -0.2) is 33.8 Å². The summed E-state index contributed by atoms with van der Waals surface area (Å²) >= 11 is 0. The summed E-state index contributed by atoms with van der Waals surface area (Å²) < 4.78 is 39.5. The topological polar surface area (TPSA) is 50.2 Å². The number of amides is 2. The molecule has 5 nitrogen and oxygen atoms in total. The van der Waals surface area contributed by atoms with E-state index in [-0.39, 0.29) is 6.03 Å². The van der Waals surface area contributed by atoms with Crippen molar-refractivity contribution in [2.24, 2.45) is 5.92 Å². The molecule has 0 aliphatic carbocycles. The largest absolute Gasteiger partial charge is 0.416 e. The minimum absolute atomic E-state index is 0.280. The SMILES string of the molecule is O=C(Nc1ccc(C(F)(F)F)cc1)N1CCC(Cn2cccn2)CC1. The van der Waals surface area contributed by atoms with Gasteiger partial charge in [0.2, 0.25) is 0 Å². The molecule has 0 radical (unpaired) electrons. The van der Waals surface area contributed by atoms with E-state index in [1.807, 2.05) is 16.9 Å². The van der Waals surface area contributed by atoms with E-state index in [1.54, 1.807) is 11.1 Å². The third kappa shape index (κ3) is 4.52. The number of likely N-dealkylation sites (tertiary alicyclic amines) is 1. The Morgan fingerprint density at radius 3 is 2.44 bits per heavy atom. The first-order chi connectivity index (χ1) is 11.9. The summed E-state index contributed by atoms with van der Waals surface area (Å²) in [4.78, 5) is 13.9. The number of nitrogens with one attached hydrogen (secondary N) is 1. The van der Waals surface area contributed by atoms with Crippen molar-refractivity contribution in [3.8, 4) is 0 Å². The van der Waals surface area contributed by atoms with Crippen molar-refractivity contribution >= 4 is 11.7 Å². The van der Waals surface area contributed by atoms with Gasteiger partial charge >= 0.3 is 12.2 Å². The highest BCUT2D eigenvalue weighted by atomic mass is 19.4. The van der Waals surface area contributed by atoms with Gasteiger partial charge in [0, 0.05) is 37.7 Å². The zero-order chi connectivity index (χ0) is 17.9. The smallest absolute Gasteiger partial charge is 0.325 e. The summed E-state index contributed by atoms with van der Waals surface area (Å²) in [6.45, 7) is 2.08. The van der Waals surface area contributed by atoms with Crippen LogP contribution in [0.25, 0.3) is 0 Å². The lowest BCUT2D eigenvalue weighted by atomic mass is 9.97. The molecule has 1 aromatic carbocycles. The molecule has 0 saturated carbocycles. The predicted octanol–water partition coefficient (Wildman–Crippen LogP) is 3.85. The second kappa shape index (κ2) is 7.16. The molecule has 0 spiro atoms. The zero-order valence-corrected chi connectivity index (χ0v) is 13.5. The van der Waals surface area contributed by atoms with Crippen LogP contribution < -0.4 is 5.32 Å². The van der Waals surface area contributed by atoms with E-state index in [1.165, 1.54) is 12.1 Å². The number of hydrogen-bond donors (Lipinski definition) is 1. The van der Waals surface area contributed by atoms with Crippen LogP contribution in [0.3, 0.4) is 0 Å². The predicted molar refractivity (Wildman–Crippen MR) is 87.0 cm³/mol. The van der Waals surface area contributed by atoms with Gasteiger partial charge in [0.15, 0.2) is 0 Å². The van der Waals surface area contributed by atoms with E-state index in [9.17, 15) is 18.0 Å². The summed E-state index contributed by atoms with van der Waals surface area (Å²) in [6, 6.07) is 6.07. The number of piperidine rings is 1. The van der Waals surface area contributed by atoms with Gasteiger partial charge in [0.1, 0.15) is 0 Å². The Bertz CT molecular complexity index is 690. The fraction of sp³-hybridized carbons (Fsp3) is 0.412. The van der Waals surface area contributed by atoms with E-state index in [0.717, 1.165) is 31.5 Å². The highest BCUT2D eigenvalue weighted by molar-refractivity contribution is 5.89. The Kier molecular flexibility index (Phi) is 4.96. The Balaban J connectivity index is 1.49. The van der Waals surface area contributed by atoms with Crippen LogP contribution in [0.2, 0.25) is 0 Å². The number of urea groups is 1. The first kappa shape index (κ1) is 17.3. The van der Waals surface area contributed by atoms with Crippen LogP contribution in [-0.2, 0) is 12.7 Å². The number of benzene rings is 1. The molecule has 1 N–H and O–H groups in total. The molecule has 2 heterocycles. The number of rotatable bonds is 3. The number of anilines is 1. The zero-order valence-electron chi connectivity index (χ0n) is 13.5. The van der Waals surface area contributed by atoms with Gasteiger partial charge < -0.3 is 10.2 Å². The highest BCUT2D eigenvalue weighted by Crippen LogP contribution is 2.30. The van der Waals surface area contributed by atoms with Gasteiger partial charge in [-0.05, 0) is 49.1 Å². The van der Waals surface area contributed by atoms with Crippen LogP contribution in [0, 0.1) is 5.92 Å². The third-order valence-corrected chi connectivity index (χ3v) is 4.37. The van der Waals surface area contributed by atoms with E-state index in [2.05, 4.69) is 10.4 Å².